The Morgan fingerprint density at radius 3 is 2.14 bits per heavy atom. The molecule has 0 amide bonds. The van der Waals surface area contributed by atoms with E-state index < -0.39 is 32.1 Å². The van der Waals surface area contributed by atoms with Crippen LogP contribution in [0.3, 0.4) is 0 Å². The second-order valence-electron chi connectivity index (χ2n) is 8.05. The maximum Gasteiger partial charge on any atom is 0.416 e. The average molecular weight is 415 g/mol. The van der Waals surface area contributed by atoms with Gasteiger partial charge in [-0.05, 0) is 37.1 Å². The van der Waals surface area contributed by atoms with Crippen molar-refractivity contribution >= 4 is 15.6 Å². The molecule has 1 heterocycles. The number of halogens is 3. The van der Waals surface area contributed by atoms with Crippen LogP contribution in [-0.2, 0) is 32.6 Å². The molecule has 0 saturated heterocycles. The topological polar surface area (TPSA) is 77.2 Å². The standard InChI is InChI=1S/C19H20F3NO4S/c1-17(2,3)16-11-13(23-27-16)10-15(24)18(8-9-18)28(25,26)14-6-4-12(5-7-14)19(20,21)22/h4-7,11H,8-10H2,1-3H3. The smallest absolute Gasteiger partial charge is 0.361 e. The molecule has 1 saturated carbocycles. The molecule has 0 spiro atoms. The summed E-state index contributed by atoms with van der Waals surface area (Å²) < 4.78 is 67.6. The Kier molecular flexibility index (Phi) is 4.73. The van der Waals surface area contributed by atoms with Gasteiger partial charge < -0.3 is 4.52 Å². The van der Waals surface area contributed by atoms with E-state index in [2.05, 4.69) is 5.16 Å². The molecule has 1 aliphatic carbocycles. The quantitative estimate of drug-likeness (QED) is 0.735. The fourth-order valence-electron chi connectivity index (χ4n) is 2.93. The predicted molar refractivity (Wildman–Crippen MR) is 94.5 cm³/mol. The molecular weight excluding hydrogens is 395 g/mol. The van der Waals surface area contributed by atoms with Crippen molar-refractivity contribution in [3.8, 4) is 0 Å². The molecule has 1 aromatic carbocycles. The number of rotatable bonds is 5. The number of nitrogens with zero attached hydrogens (tertiary/aromatic N) is 1. The minimum atomic E-state index is -4.56. The Morgan fingerprint density at radius 2 is 1.71 bits per heavy atom. The van der Waals surface area contributed by atoms with E-state index in [1.54, 1.807) is 6.07 Å². The second-order valence-corrected chi connectivity index (χ2v) is 10.3. The number of ketones is 1. The van der Waals surface area contributed by atoms with E-state index in [1.165, 1.54) is 0 Å². The molecule has 0 radical (unpaired) electrons. The van der Waals surface area contributed by atoms with Crippen LogP contribution in [-0.4, -0.2) is 24.1 Å². The first-order valence-corrected chi connectivity index (χ1v) is 10.2. The number of aromatic nitrogens is 1. The Hall–Kier alpha value is -2.16. The molecule has 28 heavy (non-hydrogen) atoms. The van der Waals surface area contributed by atoms with Crippen molar-refractivity contribution in [2.45, 2.75) is 61.3 Å². The molecule has 9 heteroatoms. The van der Waals surface area contributed by atoms with Gasteiger partial charge in [-0.1, -0.05) is 25.9 Å². The van der Waals surface area contributed by atoms with E-state index in [1.807, 2.05) is 20.8 Å². The molecule has 0 N–H and O–H groups in total. The van der Waals surface area contributed by atoms with Crippen LogP contribution < -0.4 is 0 Å². The second kappa shape index (κ2) is 6.43. The van der Waals surface area contributed by atoms with Crippen LogP contribution in [0.4, 0.5) is 13.2 Å². The van der Waals surface area contributed by atoms with Gasteiger partial charge in [0.1, 0.15) is 10.5 Å². The molecule has 5 nitrogen and oxygen atoms in total. The van der Waals surface area contributed by atoms with Gasteiger partial charge in [-0.25, -0.2) is 8.42 Å². The molecular formula is C19H20F3NO4S. The molecule has 0 aliphatic heterocycles. The minimum absolute atomic E-state index is 0.138. The Balaban J connectivity index is 1.83. The summed E-state index contributed by atoms with van der Waals surface area (Å²) in [4.78, 5) is 12.5. The molecule has 1 aliphatic rings. The highest BCUT2D eigenvalue weighted by atomic mass is 32.2. The Morgan fingerprint density at radius 1 is 1.14 bits per heavy atom. The predicted octanol–water partition coefficient (Wildman–Crippen LogP) is 4.11. The summed E-state index contributed by atoms with van der Waals surface area (Å²) in [6.07, 6.45) is -4.50. The van der Waals surface area contributed by atoms with E-state index in [0.29, 0.717) is 23.6 Å². The lowest BCUT2D eigenvalue weighted by Gasteiger charge is -2.15. The third kappa shape index (κ3) is 3.59. The number of hydrogen-bond donors (Lipinski definition) is 0. The maximum atomic E-state index is 12.9. The third-order valence-corrected chi connectivity index (χ3v) is 7.42. The molecule has 1 fully saturated rings. The number of carbonyl (C=O) groups excluding carboxylic acids is 1. The van der Waals surface area contributed by atoms with E-state index >= 15 is 0 Å². The van der Waals surface area contributed by atoms with Gasteiger partial charge in [0.15, 0.2) is 15.6 Å². The fraction of sp³-hybridized carbons (Fsp3) is 0.474. The number of benzene rings is 1. The summed E-state index contributed by atoms with van der Waals surface area (Å²) in [6.45, 7) is 5.74. The summed E-state index contributed by atoms with van der Waals surface area (Å²) in [7, 11) is -4.11. The highest BCUT2D eigenvalue weighted by molar-refractivity contribution is 7.94. The largest absolute Gasteiger partial charge is 0.416 e. The zero-order valence-corrected chi connectivity index (χ0v) is 16.4. The Labute approximate surface area is 160 Å². The van der Waals surface area contributed by atoms with Crippen LogP contribution in [0.5, 0.6) is 0 Å². The van der Waals surface area contributed by atoms with Crippen LogP contribution in [0.15, 0.2) is 39.8 Å². The summed E-state index contributed by atoms with van der Waals surface area (Å²) in [5, 5.41) is 3.84. The van der Waals surface area contributed by atoms with Gasteiger partial charge in [0.25, 0.3) is 0 Å². The monoisotopic (exact) mass is 415 g/mol. The van der Waals surface area contributed by atoms with Gasteiger partial charge in [-0.2, -0.15) is 13.2 Å². The lowest BCUT2D eigenvalue weighted by Crippen LogP contribution is -2.34. The first kappa shape index (κ1) is 20.6. The molecule has 152 valence electrons. The van der Waals surface area contributed by atoms with Crippen molar-refractivity contribution in [1.29, 1.82) is 0 Å². The average Bonchev–Trinajstić information content (AvgIpc) is 3.28. The van der Waals surface area contributed by atoms with Crippen LogP contribution in [0.1, 0.15) is 50.6 Å². The van der Waals surface area contributed by atoms with Crippen LogP contribution >= 0.6 is 0 Å². The third-order valence-electron chi connectivity index (χ3n) is 4.86. The van der Waals surface area contributed by atoms with Crippen LogP contribution in [0, 0.1) is 0 Å². The zero-order chi connectivity index (χ0) is 21.0. The lowest BCUT2D eigenvalue weighted by molar-refractivity contribution is -0.137. The van der Waals surface area contributed by atoms with Crippen molar-refractivity contribution in [2.24, 2.45) is 0 Å². The molecule has 0 atom stereocenters. The van der Waals surface area contributed by atoms with Crippen molar-refractivity contribution in [3.05, 3.63) is 47.3 Å². The summed E-state index contributed by atoms with van der Waals surface area (Å²) in [5.41, 5.74) is -0.915. The number of sulfone groups is 1. The van der Waals surface area contributed by atoms with Gasteiger partial charge in [0, 0.05) is 11.5 Å². The normalized spacial score (nSPS) is 16.8. The van der Waals surface area contributed by atoms with E-state index in [4.69, 9.17) is 4.52 Å². The van der Waals surface area contributed by atoms with E-state index in [9.17, 15) is 26.4 Å². The summed E-state index contributed by atoms with van der Waals surface area (Å²) in [5.74, 6) is 0.0481. The van der Waals surface area contributed by atoms with Crippen molar-refractivity contribution in [2.75, 3.05) is 0 Å². The van der Waals surface area contributed by atoms with Crippen molar-refractivity contribution in [3.63, 3.8) is 0 Å². The van der Waals surface area contributed by atoms with Gasteiger partial charge in [0.2, 0.25) is 0 Å². The minimum Gasteiger partial charge on any atom is -0.361 e. The van der Waals surface area contributed by atoms with Gasteiger partial charge in [-0.3, -0.25) is 4.79 Å². The first-order chi connectivity index (χ1) is 12.8. The zero-order valence-electron chi connectivity index (χ0n) is 15.6. The number of hydrogen-bond acceptors (Lipinski definition) is 5. The van der Waals surface area contributed by atoms with E-state index in [-0.39, 0.29) is 29.6 Å². The molecule has 3 rings (SSSR count). The van der Waals surface area contributed by atoms with Crippen molar-refractivity contribution in [1.82, 2.24) is 5.16 Å². The lowest BCUT2D eigenvalue weighted by atomic mass is 9.93. The molecule has 2 aromatic rings. The Bertz CT molecular complexity index is 995. The van der Waals surface area contributed by atoms with Crippen molar-refractivity contribution < 1.29 is 30.9 Å². The highest BCUT2D eigenvalue weighted by Gasteiger charge is 2.60. The molecule has 0 unspecified atom stereocenters. The number of carbonyl (C=O) groups is 1. The number of Topliss-reactive ketones (excluding diaryl/α,β-unsaturated/α-hetero) is 1. The highest BCUT2D eigenvalue weighted by Crippen LogP contribution is 2.48. The summed E-state index contributed by atoms with van der Waals surface area (Å²) in [6, 6.07) is 4.85. The van der Waals surface area contributed by atoms with E-state index in [0.717, 1.165) is 12.1 Å². The number of alkyl halides is 3. The molecule has 1 aromatic heterocycles. The SMILES string of the molecule is CC(C)(C)c1cc(CC(=O)C2(S(=O)(=O)c3ccc(C(F)(F)F)cc3)CC2)no1. The fourth-order valence-corrected chi connectivity index (χ4v) is 4.89. The molecule has 0 bridgehead atoms. The van der Waals surface area contributed by atoms with Gasteiger partial charge in [-0.15, -0.1) is 0 Å². The van der Waals surface area contributed by atoms with Crippen LogP contribution in [0.25, 0.3) is 0 Å². The van der Waals surface area contributed by atoms with Crippen LogP contribution in [0.2, 0.25) is 0 Å². The first-order valence-electron chi connectivity index (χ1n) is 8.69. The maximum absolute atomic E-state index is 12.9. The summed E-state index contributed by atoms with van der Waals surface area (Å²) >= 11 is 0. The van der Waals surface area contributed by atoms with Gasteiger partial charge >= 0.3 is 6.18 Å². The van der Waals surface area contributed by atoms with Gasteiger partial charge in [0.05, 0.1) is 22.6 Å².